The second-order valence-electron chi connectivity index (χ2n) is 6.47. The van der Waals surface area contributed by atoms with E-state index in [1.807, 2.05) is 63.2 Å². The number of amides is 2. The molecule has 0 spiro atoms. The average Bonchev–Trinajstić information content (AvgIpc) is 2.57. The minimum atomic E-state index is -0.213. The fourth-order valence-electron chi connectivity index (χ4n) is 2.47. The van der Waals surface area contributed by atoms with Crippen molar-refractivity contribution in [3.05, 3.63) is 59.2 Å². The molecule has 0 atom stereocenters. The molecular formula is C20H25N3O2. The van der Waals surface area contributed by atoms with Gasteiger partial charge in [0.05, 0.1) is 6.54 Å². The maximum atomic E-state index is 12.5. The van der Waals surface area contributed by atoms with Crippen molar-refractivity contribution in [2.45, 2.75) is 13.8 Å². The van der Waals surface area contributed by atoms with Crippen LogP contribution in [0.3, 0.4) is 0 Å². The lowest BCUT2D eigenvalue weighted by molar-refractivity contribution is -0.116. The van der Waals surface area contributed by atoms with Gasteiger partial charge in [0.2, 0.25) is 5.91 Å². The highest BCUT2D eigenvalue weighted by atomic mass is 16.2. The van der Waals surface area contributed by atoms with Crippen LogP contribution in [0.1, 0.15) is 21.5 Å². The monoisotopic (exact) mass is 339 g/mol. The van der Waals surface area contributed by atoms with Gasteiger partial charge < -0.3 is 15.1 Å². The molecule has 0 aliphatic carbocycles. The summed E-state index contributed by atoms with van der Waals surface area (Å²) in [5, 5.41) is 2.87. The SMILES string of the molecule is Cc1ccc(C)c(NC(=O)CN(C)C(=O)c2ccc(N(C)C)cc2)c1. The van der Waals surface area contributed by atoms with E-state index in [-0.39, 0.29) is 18.4 Å². The molecule has 0 fully saturated rings. The summed E-state index contributed by atoms with van der Waals surface area (Å²) in [5.41, 5.74) is 4.43. The highest BCUT2D eigenvalue weighted by Crippen LogP contribution is 2.17. The van der Waals surface area contributed by atoms with Gasteiger partial charge >= 0.3 is 0 Å². The highest BCUT2D eigenvalue weighted by molar-refractivity contribution is 5.99. The molecule has 0 saturated heterocycles. The van der Waals surface area contributed by atoms with E-state index >= 15 is 0 Å². The number of anilines is 2. The molecule has 0 unspecified atom stereocenters. The summed E-state index contributed by atoms with van der Waals surface area (Å²) in [6.07, 6.45) is 0. The summed E-state index contributed by atoms with van der Waals surface area (Å²) >= 11 is 0. The van der Waals surface area contributed by atoms with Crippen LogP contribution in [0.2, 0.25) is 0 Å². The Labute approximate surface area is 149 Å². The molecular weight excluding hydrogens is 314 g/mol. The first-order valence-electron chi connectivity index (χ1n) is 8.18. The molecule has 2 rings (SSSR count). The van der Waals surface area contributed by atoms with Crippen LogP contribution >= 0.6 is 0 Å². The van der Waals surface area contributed by atoms with Crippen LogP contribution in [0.25, 0.3) is 0 Å². The van der Waals surface area contributed by atoms with Gasteiger partial charge in [0, 0.05) is 38.1 Å². The Morgan fingerprint density at radius 3 is 2.20 bits per heavy atom. The number of carbonyl (C=O) groups is 2. The third kappa shape index (κ3) is 4.83. The minimum absolute atomic E-state index is 0.00163. The van der Waals surface area contributed by atoms with E-state index in [0.29, 0.717) is 5.56 Å². The van der Waals surface area contributed by atoms with Crippen LogP contribution < -0.4 is 10.2 Å². The largest absolute Gasteiger partial charge is 0.378 e. The van der Waals surface area contributed by atoms with Crippen LogP contribution in [0, 0.1) is 13.8 Å². The second-order valence-corrected chi connectivity index (χ2v) is 6.47. The zero-order valence-corrected chi connectivity index (χ0v) is 15.5. The maximum absolute atomic E-state index is 12.5. The Kier molecular flexibility index (Phi) is 5.80. The summed E-state index contributed by atoms with van der Waals surface area (Å²) < 4.78 is 0. The predicted molar refractivity (Wildman–Crippen MR) is 102 cm³/mol. The van der Waals surface area contributed by atoms with Gasteiger partial charge in [-0.05, 0) is 55.3 Å². The van der Waals surface area contributed by atoms with Crippen molar-refractivity contribution in [1.82, 2.24) is 4.90 Å². The number of hydrogen-bond donors (Lipinski definition) is 1. The molecule has 0 bridgehead atoms. The third-order valence-corrected chi connectivity index (χ3v) is 4.03. The van der Waals surface area contributed by atoms with E-state index < -0.39 is 0 Å². The van der Waals surface area contributed by atoms with Crippen molar-refractivity contribution < 1.29 is 9.59 Å². The maximum Gasteiger partial charge on any atom is 0.254 e. The highest BCUT2D eigenvalue weighted by Gasteiger charge is 2.15. The zero-order chi connectivity index (χ0) is 18.6. The topological polar surface area (TPSA) is 52.7 Å². The molecule has 5 heteroatoms. The van der Waals surface area contributed by atoms with Crippen molar-refractivity contribution in [3.63, 3.8) is 0 Å². The van der Waals surface area contributed by atoms with E-state index in [9.17, 15) is 9.59 Å². The number of rotatable bonds is 5. The summed E-state index contributed by atoms with van der Waals surface area (Å²) in [7, 11) is 5.52. The van der Waals surface area contributed by atoms with Gasteiger partial charge in [-0.15, -0.1) is 0 Å². The lowest BCUT2D eigenvalue weighted by Crippen LogP contribution is -2.35. The Balaban J connectivity index is 2.00. The van der Waals surface area contributed by atoms with Crippen LogP contribution in [-0.4, -0.2) is 44.4 Å². The van der Waals surface area contributed by atoms with E-state index in [4.69, 9.17) is 0 Å². The first-order valence-corrected chi connectivity index (χ1v) is 8.18. The summed E-state index contributed by atoms with van der Waals surface area (Å²) in [6, 6.07) is 13.2. The molecule has 5 nitrogen and oxygen atoms in total. The quantitative estimate of drug-likeness (QED) is 0.911. The van der Waals surface area contributed by atoms with Crippen molar-refractivity contribution in [3.8, 4) is 0 Å². The molecule has 2 aromatic rings. The third-order valence-electron chi connectivity index (χ3n) is 4.03. The van der Waals surface area contributed by atoms with Gasteiger partial charge in [-0.1, -0.05) is 12.1 Å². The summed E-state index contributed by atoms with van der Waals surface area (Å²) in [5.74, 6) is -0.393. The summed E-state index contributed by atoms with van der Waals surface area (Å²) in [6.45, 7) is 3.92. The summed E-state index contributed by atoms with van der Waals surface area (Å²) in [4.78, 5) is 28.1. The van der Waals surface area contributed by atoms with Crippen molar-refractivity contribution >= 4 is 23.2 Å². The van der Waals surface area contributed by atoms with Gasteiger partial charge in [0.15, 0.2) is 0 Å². The van der Waals surface area contributed by atoms with E-state index in [1.54, 1.807) is 19.2 Å². The number of hydrogen-bond acceptors (Lipinski definition) is 3. The fraction of sp³-hybridized carbons (Fsp3) is 0.300. The van der Waals surface area contributed by atoms with Crippen molar-refractivity contribution in [2.75, 3.05) is 37.9 Å². The van der Waals surface area contributed by atoms with Gasteiger partial charge in [-0.2, -0.15) is 0 Å². The molecule has 0 radical (unpaired) electrons. The Bertz CT molecular complexity index is 767. The first-order chi connectivity index (χ1) is 11.8. The molecule has 2 amide bonds. The number of carbonyl (C=O) groups excluding carboxylic acids is 2. The van der Waals surface area contributed by atoms with Crippen molar-refractivity contribution in [2.24, 2.45) is 0 Å². The Morgan fingerprint density at radius 2 is 1.60 bits per heavy atom. The molecule has 0 heterocycles. The molecule has 2 aromatic carbocycles. The second kappa shape index (κ2) is 7.83. The average molecular weight is 339 g/mol. The number of aryl methyl sites for hydroxylation is 2. The Morgan fingerprint density at radius 1 is 0.960 bits per heavy atom. The molecule has 0 aliphatic rings. The lowest BCUT2D eigenvalue weighted by atomic mass is 10.1. The van der Waals surface area contributed by atoms with Gasteiger partial charge in [0.25, 0.3) is 5.91 Å². The van der Waals surface area contributed by atoms with E-state index in [1.165, 1.54) is 4.90 Å². The molecule has 132 valence electrons. The molecule has 0 aliphatic heterocycles. The van der Waals surface area contributed by atoms with Crippen LogP contribution in [-0.2, 0) is 4.79 Å². The lowest BCUT2D eigenvalue weighted by Gasteiger charge is -2.18. The molecule has 25 heavy (non-hydrogen) atoms. The molecule has 0 aromatic heterocycles. The van der Waals surface area contributed by atoms with Gasteiger partial charge in [-0.3, -0.25) is 9.59 Å². The number of benzene rings is 2. The smallest absolute Gasteiger partial charge is 0.254 e. The van der Waals surface area contributed by atoms with Gasteiger partial charge in [-0.25, -0.2) is 0 Å². The van der Waals surface area contributed by atoms with E-state index in [0.717, 1.165) is 22.5 Å². The Hall–Kier alpha value is -2.82. The van der Waals surface area contributed by atoms with Crippen molar-refractivity contribution in [1.29, 1.82) is 0 Å². The number of likely N-dealkylation sites (N-methyl/N-ethyl adjacent to an activating group) is 1. The van der Waals surface area contributed by atoms with E-state index in [2.05, 4.69) is 5.32 Å². The van der Waals surface area contributed by atoms with Crippen LogP contribution in [0.5, 0.6) is 0 Å². The number of nitrogens with one attached hydrogen (secondary N) is 1. The fourth-order valence-corrected chi connectivity index (χ4v) is 2.47. The minimum Gasteiger partial charge on any atom is -0.378 e. The van der Waals surface area contributed by atoms with Crippen LogP contribution in [0.15, 0.2) is 42.5 Å². The zero-order valence-electron chi connectivity index (χ0n) is 15.5. The normalized spacial score (nSPS) is 10.3. The molecule has 0 saturated carbocycles. The predicted octanol–water partition coefficient (Wildman–Crippen LogP) is 3.08. The number of nitrogens with zero attached hydrogens (tertiary/aromatic N) is 2. The first kappa shape index (κ1) is 18.5. The molecule has 1 N–H and O–H groups in total. The standard InChI is InChI=1S/C20H25N3O2/c1-14-6-7-15(2)18(12-14)21-19(24)13-23(5)20(25)16-8-10-17(11-9-16)22(3)4/h6-12H,13H2,1-5H3,(H,21,24). The van der Waals surface area contributed by atoms with Gasteiger partial charge in [0.1, 0.15) is 0 Å². The van der Waals surface area contributed by atoms with Crippen LogP contribution in [0.4, 0.5) is 11.4 Å².